The van der Waals surface area contributed by atoms with Gasteiger partial charge in [0.2, 0.25) is 5.91 Å². The minimum absolute atomic E-state index is 0.0538. The Kier molecular flexibility index (Phi) is 11.5. The summed E-state index contributed by atoms with van der Waals surface area (Å²) in [6.45, 7) is 11.3. The molecule has 3 aromatic rings. The number of anilines is 1. The molecule has 302 valence electrons. The van der Waals surface area contributed by atoms with Gasteiger partial charge in [-0.1, -0.05) is 18.6 Å². The van der Waals surface area contributed by atoms with E-state index in [1.165, 1.54) is 12.1 Å². The number of amides is 1. The molecule has 1 amide bonds. The van der Waals surface area contributed by atoms with Gasteiger partial charge >= 0.3 is 6.01 Å². The van der Waals surface area contributed by atoms with E-state index < -0.39 is 17.5 Å². The molecule has 5 heterocycles. The van der Waals surface area contributed by atoms with Gasteiger partial charge in [-0.3, -0.25) is 9.69 Å². The van der Waals surface area contributed by atoms with Crippen LogP contribution in [-0.2, 0) is 16.0 Å². The number of benzene rings is 2. The molecule has 2 N–H and O–H groups in total. The molecule has 2 aromatic carbocycles. The number of likely N-dealkylation sites (tertiary alicyclic amines) is 2. The second-order valence-corrected chi connectivity index (χ2v) is 16.7. The third-order valence-corrected chi connectivity index (χ3v) is 12.9. The molecule has 0 radical (unpaired) electrons. The maximum absolute atomic E-state index is 15.4. The maximum atomic E-state index is 15.4. The summed E-state index contributed by atoms with van der Waals surface area (Å²) >= 11 is 0. The van der Waals surface area contributed by atoms with Crippen LogP contribution < -0.4 is 15.0 Å². The first kappa shape index (κ1) is 39.3. The zero-order valence-corrected chi connectivity index (χ0v) is 32.9. The van der Waals surface area contributed by atoms with Crippen molar-refractivity contribution in [2.45, 2.75) is 101 Å². The Morgan fingerprint density at radius 1 is 1.11 bits per heavy atom. The molecule has 5 aliphatic rings. The number of allylic oxidation sites excluding steroid dienone is 1. The zero-order chi connectivity index (χ0) is 39.7. The number of ether oxygens (including phenoxy) is 2. The number of carbonyl (C=O) groups excluding carboxylic acids is 1. The summed E-state index contributed by atoms with van der Waals surface area (Å²) in [5, 5.41) is 15.1. The van der Waals surface area contributed by atoms with Crippen LogP contribution in [0.5, 0.6) is 11.8 Å². The van der Waals surface area contributed by atoms with E-state index in [1.54, 1.807) is 18.2 Å². The lowest BCUT2D eigenvalue weighted by Crippen LogP contribution is -2.55. The number of terminal acetylenes is 1. The van der Waals surface area contributed by atoms with Crippen LogP contribution in [0.2, 0.25) is 0 Å². The summed E-state index contributed by atoms with van der Waals surface area (Å²) in [5.41, 5.74) is 2.72. The fourth-order valence-corrected chi connectivity index (χ4v) is 10.1. The fourth-order valence-electron chi connectivity index (χ4n) is 10.1. The lowest BCUT2D eigenvalue weighted by molar-refractivity contribution is -0.117. The number of phenolic OH excluding ortho intramolecular Hbond substituents is 1. The van der Waals surface area contributed by atoms with Crippen molar-refractivity contribution in [3.8, 4) is 24.1 Å². The molecule has 1 aromatic heterocycles. The number of aromatic nitrogens is 2. The highest BCUT2D eigenvalue weighted by Crippen LogP contribution is 2.41. The second-order valence-electron chi connectivity index (χ2n) is 16.7. The molecule has 8 rings (SSSR count). The summed E-state index contributed by atoms with van der Waals surface area (Å²) in [7, 11) is 0. The molecule has 4 saturated heterocycles. The van der Waals surface area contributed by atoms with E-state index in [-0.39, 0.29) is 41.9 Å². The molecule has 1 unspecified atom stereocenters. The van der Waals surface area contributed by atoms with Gasteiger partial charge in [-0.25, -0.2) is 8.78 Å². The van der Waals surface area contributed by atoms with Crippen molar-refractivity contribution in [3.63, 3.8) is 0 Å². The second kappa shape index (κ2) is 16.7. The quantitative estimate of drug-likeness (QED) is 0.188. The van der Waals surface area contributed by atoms with Crippen LogP contribution in [0, 0.1) is 18.2 Å². The number of phenols is 1. The molecule has 0 saturated carbocycles. The van der Waals surface area contributed by atoms with Crippen LogP contribution >= 0.6 is 0 Å². The van der Waals surface area contributed by atoms with Crippen molar-refractivity contribution < 1.29 is 28.2 Å². The highest BCUT2D eigenvalue weighted by molar-refractivity contribution is 6.02. The minimum Gasteiger partial charge on any atom is -0.508 e. The monoisotopic (exact) mass is 780 g/mol. The van der Waals surface area contributed by atoms with Crippen molar-refractivity contribution in [2.24, 2.45) is 0 Å². The number of carbonyl (C=O) groups is 1. The summed E-state index contributed by atoms with van der Waals surface area (Å²) in [5.74, 6) is 2.63. The zero-order valence-electron chi connectivity index (χ0n) is 32.9. The van der Waals surface area contributed by atoms with Gasteiger partial charge < -0.3 is 29.7 Å². The standard InChI is InChI=1S/C45H54F2N6O4/c1-4-36-39(47)12-10-30-22-35(54)24-38(42(30)36)29-9-11-37-40(23-29)49-44(50-43(37)52-17-7-6-8-32(27-52)48-41(55)5-2)57-28-45(3)25-31(46)26-53(45)34-13-18-51(19-14-34)33-15-20-56-21-16-33/h1,5,10,12,22-24,31-34,54H,2,6-9,11,13-21,25-28H2,3H3,(H,48,55)/t31-,32?,45+/m1/s1. The summed E-state index contributed by atoms with van der Waals surface area (Å²) in [6.07, 6.45) is 16.5. The van der Waals surface area contributed by atoms with E-state index in [0.717, 1.165) is 94.7 Å². The molecule has 57 heavy (non-hydrogen) atoms. The summed E-state index contributed by atoms with van der Waals surface area (Å²) in [4.78, 5) is 29.6. The number of halogens is 2. The number of aromatic hydroxyl groups is 1. The number of rotatable bonds is 9. The molecule has 10 nitrogen and oxygen atoms in total. The number of hydrogen-bond donors (Lipinski definition) is 2. The third kappa shape index (κ3) is 8.25. The lowest BCUT2D eigenvalue weighted by Gasteiger charge is -2.45. The van der Waals surface area contributed by atoms with E-state index in [9.17, 15) is 9.90 Å². The predicted octanol–water partition coefficient (Wildman–Crippen LogP) is 6.43. The number of alkyl halides is 1. The minimum atomic E-state index is -0.952. The van der Waals surface area contributed by atoms with Gasteiger partial charge in [-0.05, 0) is 125 Å². The molecule has 12 heteroatoms. The molecule has 4 fully saturated rings. The van der Waals surface area contributed by atoms with Crippen LogP contribution in [0.3, 0.4) is 0 Å². The van der Waals surface area contributed by atoms with Crippen LogP contribution in [0.1, 0.15) is 87.1 Å². The Morgan fingerprint density at radius 3 is 2.68 bits per heavy atom. The smallest absolute Gasteiger partial charge is 0.318 e. The number of fused-ring (bicyclic) bond motifs is 2. The van der Waals surface area contributed by atoms with Crippen molar-refractivity contribution in [3.05, 3.63) is 65.1 Å². The van der Waals surface area contributed by atoms with Gasteiger partial charge in [0, 0.05) is 68.3 Å². The van der Waals surface area contributed by atoms with Gasteiger partial charge in [0.05, 0.1) is 16.8 Å². The van der Waals surface area contributed by atoms with Crippen LogP contribution in [0.25, 0.3) is 22.4 Å². The Bertz CT molecular complexity index is 2070. The largest absolute Gasteiger partial charge is 0.508 e. The lowest BCUT2D eigenvalue weighted by atomic mass is 9.87. The Labute approximate surface area is 334 Å². The number of piperidine rings is 1. The number of nitrogens with zero attached hydrogens (tertiary/aromatic N) is 5. The molecule has 4 aliphatic heterocycles. The molecule has 0 spiro atoms. The summed E-state index contributed by atoms with van der Waals surface area (Å²) < 4.78 is 42.7. The third-order valence-electron chi connectivity index (χ3n) is 12.9. The van der Waals surface area contributed by atoms with Crippen molar-refractivity contribution in [1.82, 2.24) is 25.1 Å². The van der Waals surface area contributed by atoms with E-state index in [4.69, 9.17) is 25.9 Å². The number of nitrogens with one attached hydrogen (secondary N) is 1. The van der Waals surface area contributed by atoms with E-state index in [1.807, 2.05) is 6.08 Å². The van der Waals surface area contributed by atoms with Gasteiger partial charge in [-0.15, -0.1) is 6.42 Å². The van der Waals surface area contributed by atoms with Gasteiger partial charge in [0.15, 0.2) is 0 Å². The van der Waals surface area contributed by atoms with E-state index >= 15 is 8.78 Å². The molecule has 3 atom stereocenters. The first-order valence-electron chi connectivity index (χ1n) is 20.7. The van der Waals surface area contributed by atoms with Gasteiger partial charge in [0.25, 0.3) is 0 Å². The first-order valence-corrected chi connectivity index (χ1v) is 20.7. The highest BCUT2D eigenvalue weighted by atomic mass is 19.1. The average molecular weight is 781 g/mol. The van der Waals surface area contributed by atoms with Gasteiger partial charge in [0.1, 0.15) is 30.2 Å². The summed E-state index contributed by atoms with van der Waals surface area (Å²) in [6, 6.07) is 7.12. The van der Waals surface area contributed by atoms with E-state index in [2.05, 4.69) is 39.4 Å². The SMILES string of the molecule is C#Cc1c(F)ccc2cc(O)cc(C3=Cc4nc(OC[C@]5(C)C[C@@H](F)CN5C5CCN(C6CCOCC6)CC5)nc(N5CCCCC(NC(=O)C=C)C5)c4CC3)c12. The molecule has 1 aliphatic carbocycles. The van der Waals surface area contributed by atoms with E-state index in [0.29, 0.717) is 60.4 Å². The van der Waals surface area contributed by atoms with Gasteiger partial charge in [-0.2, -0.15) is 9.97 Å². The molecular weight excluding hydrogens is 727 g/mol. The van der Waals surface area contributed by atoms with Crippen molar-refractivity contribution in [1.29, 1.82) is 0 Å². The average Bonchev–Trinajstić information content (AvgIpc) is 3.35. The molecule has 0 bridgehead atoms. The highest BCUT2D eigenvalue weighted by Gasteiger charge is 2.47. The Balaban J connectivity index is 1.11. The molecular formula is C45H54F2N6O4. The Morgan fingerprint density at radius 2 is 1.91 bits per heavy atom. The van der Waals surface area contributed by atoms with Crippen molar-refractivity contribution in [2.75, 3.05) is 57.4 Å². The normalized spacial score (nSPS) is 25.4. The first-order chi connectivity index (χ1) is 27.6. The number of hydrogen-bond acceptors (Lipinski definition) is 9. The predicted molar refractivity (Wildman–Crippen MR) is 218 cm³/mol. The maximum Gasteiger partial charge on any atom is 0.318 e. The van der Waals surface area contributed by atoms with Crippen LogP contribution in [-0.4, -0.2) is 113 Å². The topological polar surface area (TPSA) is 103 Å². The van der Waals surface area contributed by atoms with Crippen molar-refractivity contribution >= 4 is 34.1 Å². The van der Waals surface area contributed by atoms with Crippen LogP contribution in [0.15, 0.2) is 36.9 Å². The van der Waals surface area contributed by atoms with Crippen LogP contribution in [0.4, 0.5) is 14.6 Å². The fraction of sp³-hybridized carbons (Fsp3) is 0.533. The Hall–Kier alpha value is -4.57.